The maximum Gasteiger partial charge on any atom is 0.261 e. The molecule has 50 heavy (non-hydrogen) atoms. The number of para-hydroxylation sites is 2. The molecule has 1 aliphatic heterocycles. The van der Waals surface area contributed by atoms with Crippen LogP contribution >= 0.6 is 0 Å². The molecule has 0 spiro atoms. The highest BCUT2D eigenvalue weighted by Gasteiger charge is 2.34. The topological polar surface area (TPSA) is 164 Å². The Morgan fingerprint density at radius 1 is 1.08 bits per heavy atom. The van der Waals surface area contributed by atoms with Gasteiger partial charge in [-0.25, -0.2) is 8.42 Å². The second-order valence-corrected chi connectivity index (χ2v) is 14.2. The molecule has 1 aliphatic rings. The van der Waals surface area contributed by atoms with E-state index in [0.717, 1.165) is 5.56 Å². The number of benzene rings is 4. The molecule has 0 bridgehead atoms. The van der Waals surface area contributed by atoms with Crippen LogP contribution in [0.15, 0.2) is 95.9 Å². The van der Waals surface area contributed by atoms with Crippen LogP contribution in [0.1, 0.15) is 40.1 Å². The number of rotatable bonds is 12. The average Bonchev–Trinajstić information content (AvgIpc) is 3.10. The lowest BCUT2D eigenvalue weighted by Crippen LogP contribution is -2.49. The van der Waals surface area contributed by atoms with Crippen molar-refractivity contribution in [2.75, 3.05) is 49.6 Å². The van der Waals surface area contributed by atoms with Crippen molar-refractivity contribution >= 4 is 38.9 Å². The third-order valence-corrected chi connectivity index (χ3v) is 10.1. The zero-order valence-electron chi connectivity index (χ0n) is 28.5. The molecule has 13 heteroatoms. The minimum Gasteiger partial charge on any atom is -0.497 e. The molecule has 4 aromatic rings. The molecule has 0 radical (unpaired) electrons. The van der Waals surface area contributed by atoms with E-state index >= 15 is 0 Å². The summed E-state index contributed by atoms with van der Waals surface area (Å²) in [6, 6.07) is 24.5. The van der Waals surface area contributed by atoms with E-state index in [1.807, 2.05) is 26.1 Å². The monoisotopic (exact) mass is 701 g/mol. The number of hydrogen-bond acceptors (Lipinski definition) is 9. The quantitative estimate of drug-likeness (QED) is 0.154. The Balaban J connectivity index is 1.32. The van der Waals surface area contributed by atoms with E-state index in [1.165, 1.54) is 25.3 Å². The molecule has 1 heterocycles. The number of fused-ring (bicyclic) bond motifs is 1. The number of amides is 2. The summed E-state index contributed by atoms with van der Waals surface area (Å²) < 4.78 is 40.5. The Hall–Kier alpha value is -5.11. The molecule has 0 aliphatic carbocycles. The predicted molar refractivity (Wildman–Crippen MR) is 193 cm³/mol. The number of carbonyl (C=O) groups excluding carboxylic acids is 2. The summed E-state index contributed by atoms with van der Waals surface area (Å²) in [6.45, 7) is 4.90. The van der Waals surface area contributed by atoms with E-state index < -0.39 is 16.1 Å². The van der Waals surface area contributed by atoms with Gasteiger partial charge in [-0.05, 0) is 86.3 Å². The molecule has 2 amide bonds. The van der Waals surface area contributed by atoms with E-state index in [4.69, 9.17) is 15.2 Å². The number of nitrogen functional groups attached to an aromatic ring is 1. The summed E-state index contributed by atoms with van der Waals surface area (Å²) in [7, 11) is -0.509. The smallest absolute Gasteiger partial charge is 0.261 e. The van der Waals surface area contributed by atoms with E-state index in [-0.39, 0.29) is 46.6 Å². The molecule has 12 nitrogen and oxygen atoms in total. The summed E-state index contributed by atoms with van der Waals surface area (Å²) in [5.41, 5.74) is 8.87. The van der Waals surface area contributed by atoms with Crippen LogP contribution in [0.3, 0.4) is 0 Å². The first-order chi connectivity index (χ1) is 23.9. The third-order valence-electron chi connectivity index (χ3n) is 8.66. The summed E-state index contributed by atoms with van der Waals surface area (Å²) in [5, 5.41) is 12.9. The molecule has 4 aromatic carbocycles. The van der Waals surface area contributed by atoms with Crippen LogP contribution in [-0.4, -0.2) is 81.1 Å². The summed E-state index contributed by atoms with van der Waals surface area (Å²) in [6.07, 6.45) is -0.358. The molecule has 3 atom stereocenters. The molecule has 264 valence electrons. The van der Waals surface area contributed by atoms with Crippen LogP contribution < -0.4 is 25.2 Å². The number of nitrogens with two attached hydrogens (primary N) is 1. The van der Waals surface area contributed by atoms with Gasteiger partial charge < -0.3 is 30.5 Å². The molecule has 5 rings (SSSR count). The van der Waals surface area contributed by atoms with Crippen molar-refractivity contribution in [3.8, 4) is 11.5 Å². The predicted octanol–water partition coefficient (Wildman–Crippen LogP) is 4.68. The lowest BCUT2D eigenvalue weighted by molar-refractivity contribution is 0.0341. The van der Waals surface area contributed by atoms with Gasteiger partial charge in [-0.1, -0.05) is 31.2 Å². The number of carbonyl (C=O) groups is 2. The SMILES string of the molecule is COc1ccc(S(=O)(=O)Nc2ccc3c(c2)C(=O)N([C@H](C)CO)C[C@@H](C)[C@H](CN(C)Cc2ccc(C(=O)Nc4ccccc4N)cc2)O3)cc1. The van der Waals surface area contributed by atoms with Crippen molar-refractivity contribution < 1.29 is 32.6 Å². The molecular weight excluding hydrogens is 659 g/mol. The second-order valence-electron chi connectivity index (χ2n) is 12.5. The van der Waals surface area contributed by atoms with Gasteiger partial charge in [-0.2, -0.15) is 0 Å². The molecule has 0 fully saturated rings. The van der Waals surface area contributed by atoms with Gasteiger partial charge in [-0.15, -0.1) is 0 Å². The second kappa shape index (κ2) is 15.6. The van der Waals surface area contributed by atoms with Crippen molar-refractivity contribution in [2.24, 2.45) is 5.92 Å². The van der Waals surface area contributed by atoms with Gasteiger partial charge in [0.15, 0.2) is 0 Å². The van der Waals surface area contributed by atoms with Crippen LogP contribution in [0.4, 0.5) is 17.1 Å². The molecule has 5 N–H and O–H groups in total. The van der Waals surface area contributed by atoms with E-state index in [0.29, 0.717) is 48.1 Å². The highest BCUT2D eigenvalue weighted by molar-refractivity contribution is 7.92. The van der Waals surface area contributed by atoms with Gasteiger partial charge in [0.05, 0.1) is 41.6 Å². The van der Waals surface area contributed by atoms with Gasteiger partial charge in [0.1, 0.15) is 17.6 Å². The Morgan fingerprint density at radius 3 is 2.44 bits per heavy atom. The first-order valence-electron chi connectivity index (χ1n) is 16.2. The maximum absolute atomic E-state index is 13.9. The number of likely N-dealkylation sites (N-methyl/N-ethyl adjacent to an activating group) is 1. The standard InChI is InChI=1S/C37H43N5O7S/c1-24-20-42(25(2)23-43)37(45)31-19-28(40-50(46,47)30-16-14-29(48-4)15-17-30)13-18-34(31)49-35(24)22-41(3)21-26-9-11-27(12-10-26)36(44)39-33-8-6-5-7-32(33)38/h5-19,24-25,35,40,43H,20-23,38H2,1-4H3,(H,39,44)/t24-,25-,35+/m1/s1. The number of sulfonamides is 1. The fourth-order valence-electron chi connectivity index (χ4n) is 5.72. The normalized spacial score (nSPS) is 16.8. The van der Waals surface area contributed by atoms with E-state index in [1.54, 1.807) is 72.5 Å². The molecule has 0 aromatic heterocycles. The highest BCUT2D eigenvalue weighted by Crippen LogP contribution is 2.32. The number of aliphatic hydroxyl groups is 1. The number of ether oxygens (including phenoxy) is 2. The zero-order valence-corrected chi connectivity index (χ0v) is 29.3. The van der Waals surface area contributed by atoms with Crippen LogP contribution in [0.25, 0.3) is 0 Å². The van der Waals surface area contributed by atoms with Crippen molar-refractivity contribution in [2.45, 2.75) is 37.4 Å². The first-order valence-corrected chi connectivity index (χ1v) is 17.7. The van der Waals surface area contributed by atoms with Crippen LogP contribution in [0.2, 0.25) is 0 Å². The van der Waals surface area contributed by atoms with E-state index in [2.05, 4.69) is 14.9 Å². The van der Waals surface area contributed by atoms with Gasteiger partial charge in [-0.3, -0.25) is 19.2 Å². The van der Waals surface area contributed by atoms with Crippen molar-refractivity contribution in [1.82, 2.24) is 9.80 Å². The minimum atomic E-state index is -3.97. The Bertz CT molecular complexity index is 1920. The number of methoxy groups -OCH3 is 1. The molecule has 0 saturated carbocycles. The number of hydrogen-bond donors (Lipinski definition) is 4. The highest BCUT2D eigenvalue weighted by atomic mass is 32.2. The Labute approximate surface area is 292 Å². The Morgan fingerprint density at radius 2 is 1.78 bits per heavy atom. The average molecular weight is 702 g/mol. The number of aliphatic hydroxyl groups excluding tert-OH is 1. The van der Waals surface area contributed by atoms with Gasteiger partial charge in [0.25, 0.3) is 21.8 Å². The number of nitrogens with one attached hydrogen (secondary N) is 2. The number of anilines is 3. The van der Waals surface area contributed by atoms with Crippen molar-refractivity contribution in [1.29, 1.82) is 0 Å². The summed E-state index contributed by atoms with van der Waals surface area (Å²) >= 11 is 0. The summed E-state index contributed by atoms with van der Waals surface area (Å²) in [4.78, 5) is 30.4. The van der Waals surface area contributed by atoms with Crippen LogP contribution in [0, 0.1) is 5.92 Å². The van der Waals surface area contributed by atoms with Crippen molar-refractivity contribution in [3.63, 3.8) is 0 Å². The Kier molecular flexibility index (Phi) is 11.3. The lowest BCUT2D eigenvalue weighted by Gasteiger charge is -2.38. The largest absolute Gasteiger partial charge is 0.497 e. The van der Waals surface area contributed by atoms with Crippen LogP contribution in [0.5, 0.6) is 11.5 Å². The van der Waals surface area contributed by atoms with Crippen molar-refractivity contribution in [3.05, 3.63) is 108 Å². The fourth-order valence-corrected chi connectivity index (χ4v) is 6.77. The van der Waals surface area contributed by atoms with Gasteiger partial charge >= 0.3 is 0 Å². The molecular formula is C37H43N5O7S. The van der Waals surface area contributed by atoms with Crippen LogP contribution in [-0.2, 0) is 16.6 Å². The zero-order chi connectivity index (χ0) is 36.0. The molecule has 0 saturated heterocycles. The van der Waals surface area contributed by atoms with E-state index in [9.17, 15) is 23.1 Å². The number of nitrogens with zero attached hydrogens (tertiary/aromatic N) is 2. The summed E-state index contributed by atoms with van der Waals surface area (Å²) in [5.74, 6) is 0.0918. The van der Waals surface area contributed by atoms with Gasteiger partial charge in [0, 0.05) is 36.8 Å². The minimum absolute atomic E-state index is 0.0374. The van der Waals surface area contributed by atoms with Gasteiger partial charge in [0.2, 0.25) is 0 Å². The maximum atomic E-state index is 13.9. The first kappa shape index (κ1) is 36.2. The third kappa shape index (κ3) is 8.54. The molecule has 0 unspecified atom stereocenters. The lowest BCUT2D eigenvalue weighted by atomic mass is 9.99. The fraction of sp³-hybridized carbons (Fsp3) is 0.297.